The zero-order chi connectivity index (χ0) is 15.0. The van der Waals surface area contributed by atoms with Crippen LogP contribution in [0.4, 0.5) is 5.95 Å². The van der Waals surface area contributed by atoms with Gasteiger partial charge in [-0.25, -0.2) is 4.98 Å². The number of fused-ring (bicyclic) bond motifs is 1. The van der Waals surface area contributed by atoms with E-state index >= 15 is 0 Å². The second-order valence-corrected chi connectivity index (χ2v) is 4.76. The van der Waals surface area contributed by atoms with E-state index in [1.165, 1.54) is 0 Å². The predicted molar refractivity (Wildman–Crippen MR) is 72.5 cm³/mol. The number of ether oxygens (including phenoxy) is 2. The highest BCUT2D eigenvalue weighted by molar-refractivity contribution is 5.77. The third-order valence-electron chi connectivity index (χ3n) is 3.38. The Morgan fingerprint density at radius 3 is 3.00 bits per heavy atom. The van der Waals surface area contributed by atoms with Crippen LogP contribution in [0, 0.1) is 0 Å². The molecular formula is C12H17N5O4. The van der Waals surface area contributed by atoms with Crippen molar-refractivity contribution >= 4 is 17.1 Å². The van der Waals surface area contributed by atoms with Crippen molar-refractivity contribution in [2.45, 2.75) is 31.8 Å². The van der Waals surface area contributed by atoms with Gasteiger partial charge in [0.2, 0.25) is 11.8 Å². The zero-order valence-electron chi connectivity index (χ0n) is 11.5. The summed E-state index contributed by atoms with van der Waals surface area (Å²) < 4.78 is 12.7. The normalized spacial score (nSPS) is 25.6. The molecule has 0 amide bonds. The van der Waals surface area contributed by atoms with Gasteiger partial charge in [-0.05, 0) is 6.92 Å². The van der Waals surface area contributed by atoms with Crippen LogP contribution in [0.1, 0.15) is 19.6 Å². The molecule has 0 aliphatic carbocycles. The van der Waals surface area contributed by atoms with Crippen LogP contribution >= 0.6 is 0 Å². The predicted octanol–water partition coefficient (Wildman–Crippen LogP) is -0.552. The van der Waals surface area contributed by atoms with Crippen molar-refractivity contribution in [1.29, 1.82) is 0 Å². The molecule has 0 radical (unpaired) electrons. The third-order valence-corrected chi connectivity index (χ3v) is 3.38. The Morgan fingerprint density at radius 2 is 2.33 bits per heavy atom. The summed E-state index contributed by atoms with van der Waals surface area (Å²) in [7, 11) is 0. The quantitative estimate of drug-likeness (QED) is 0.685. The first-order valence-corrected chi connectivity index (χ1v) is 6.71. The van der Waals surface area contributed by atoms with Crippen molar-refractivity contribution in [2.24, 2.45) is 0 Å². The third kappa shape index (κ3) is 2.39. The minimum Gasteiger partial charge on any atom is -0.476 e. The van der Waals surface area contributed by atoms with Crippen LogP contribution in [-0.2, 0) is 4.74 Å². The molecule has 2 aromatic rings. The molecule has 9 heteroatoms. The van der Waals surface area contributed by atoms with Crippen LogP contribution in [-0.4, -0.2) is 55.2 Å². The van der Waals surface area contributed by atoms with Gasteiger partial charge in [0, 0.05) is 6.42 Å². The van der Waals surface area contributed by atoms with Crippen LogP contribution in [0.25, 0.3) is 11.2 Å². The van der Waals surface area contributed by atoms with Crippen LogP contribution < -0.4 is 10.5 Å². The van der Waals surface area contributed by atoms with Gasteiger partial charge in [0.05, 0.1) is 25.6 Å². The highest BCUT2D eigenvalue weighted by Gasteiger charge is 2.35. The Labute approximate surface area is 120 Å². The van der Waals surface area contributed by atoms with Gasteiger partial charge in [-0.15, -0.1) is 0 Å². The summed E-state index contributed by atoms with van der Waals surface area (Å²) in [5.41, 5.74) is 6.65. The summed E-state index contributed by atoms with van der Waals surface area (Å²) in [6.45, 7) is 2.03. The van der Waals surface area contributed by atoms with E-state index in [4.69, 9.17) is 20.3 Å². The fourth-order valence-electron chi connectivity index (χ4n) is 2.41. The Bertz CT molecular complexity index is 646. The average Bonchev–Trinajstić information content (AvgIpc) is 3.02. The van der Waals surface area contributed by atoms with Crippen LogP contribution in [0.5, 0.6) is 5.88 Å². The molecule has 0 bridgehead atoms. The average molecular weight is 295 g/mol. The molecule has 1 aliphatic heterocycles. The molecule has 1 fully saturated rings. The second kappa shape index (κ2) is 5.43. The zero-order valence-corrected chi connectivity index (χ0v) is 11.5. The summed E-state index contributed by atoms with van der Waals surface area (Å²) in [4.78, 5) is 12.4. The van der Waals surface area contributed by atoms with Gasteiger partial charge in [0.25, 0.3) is 0 Å². The highest BCUT2D eigenvalue weighted by atomic mass is 16.5. The molecule has 1 aliphatic rings. The summed E-state index contributed by atoms with van der Waals surface area (Å²) in [6, 6.07) is 0. The number of nitrogen functional groups attached to an aromatic ring is 1. The fraction of sp³-hybridized carbons (Fsp3) is 0.583. The number of aliphatic hydroxyl groups excluding tert-OH is 2. The molecule has 21 heavy (non-hydrogen) atoms. The Hall–Kier alpha value is -1.97. The molecule has 3 atom stereocenters. The number of rotatable bonds is 4. The van der Waals surface area contributed by atoms with Gasteiger partial charge in [0.15, 0.2) is 11.2 Å². The van der Waals surface area contributed by atoms with Gasteiger partial charge in [-0.3, -0.25) is 4.57 Å². The molecule has 0 saturated carbocycles. The van der Waals surface area contributed by atoms with E-state index in [0.29, 0.717) is 30.1 Å². The minimum atomic E-state index is -0.733. The molecule has 114 valence electrons. The van der Waals surface area contributed by atoms with E-state index in [1.807, 2.05) is 6.92 Å². The molecule has 1 saturated heterocycles. The topological polar surface area (TPSA) is 129 Å². The first kappa shape index (κ1) is 14.0. The van der Waals surface area contributed by atoms with Crippen LogP contribution in [0.2, 0.25) is 0 Å². The molecule has 3 rings (SSSR count). The van der Waals surface area contributed by atoms with E-state index in [-0.39, 0.29) is 12.6 Å². The van der Waals surface area contributed by atoms with E-state index in [2.05, 4.69) is 15.0 Å². The summed E-state index contributed by atoms with van der Waals surface area (Å²) in [5, 5.41) is 19.0. The number of aliphatic hydroxyl groups is 2. The van der Waals surface area contributed by atoms with Gasteiger partial charge in [-0.2, -0.15) is 9.97 Å². The number of hydrogen-bond donors (Lipinski definition) is 3. The van der Waals surface area contributed by atoms with Gasteiger partial charge >= 0.3 is 0 Å². The molecule has 3 heterocycles. The number of nitrogens with zero attached hydrogens (tertiary/aromatic N) is 4. The largest absolute Gasteiger partial charge is 0.476 e. The summed E-state index contributed by atoms with van der Waals surface area (Å²) >= 11 is 0. The number of imidazole rings is 1. The molecular weight excluding hydrogens is 278 g/mol. The Balaban J connectivity index is 2.01. The molecule has 9 nitrogen and oxygen atoms in total. The van der Waals surface area contributed by atoms with Gasteiger partial charge in [0.1, 0.15) is 12.3 Å². The number of hydrogen-bond acceptors (Lipinski definition) is 8. The van der Waals surface area contributed by atoms with E-state index in [9.17, 15) is 5.11 Å². The van der Waals surface area contributed by atoms with Crippen molar-refractivity contribution < 1.29 is 19.7 Å². The standard InChI is InChI=1S/C12H17N5O4/c1-2-20-11-9-10(15-12(13)16-11)17(5-14-9)8-3-6(19)7(4-18)21-8/h5-8,18-19H,2-4H2,1H3,(H2,13,15,16)/t6-,7+,8+/m0/s1. The van der Waals surface area contributed by atoms with Crippen molar-refractivity contribution in [3.8, 4) is 5.88 Å². The highest BCUT2D eigenvalue weighted by Crippen LogP contribution is 2.32. The lowest BCUT2D eigenvalue weighted by molar-refractivity contribution is -0.0432. The van der Waals surface area contributed by atoms with Crippen LogP contribution in [0.3, 0.4) is 0 Å². The lowest BCUT2D eigenvalue weighted by Crippen LogP contribution is -2.24. The fourth-order valence-corrected chi connectivity index (χ4v) is 2.41. The Morgan fingerprint density at radius 1 is 1.52 bits per heavy atom. The number of aromatic nitrogens is 4. The van der Waals surface area contributed by atoms with E-state index in [1.54, 1.807) is 10.9 Å². The first-order chi connectivity index (χ1) is 10.1. The van der Waals surface area contributed by atoms with E-state index in [0.717, 1.165) is 0 Å². The van der Waals surface area contributed by atoms with Crippen molar-refractivity contribution in [3.05, 3.63) is 6.33 Å². The minimum absolute atomic E-state index is 0.0740. The maximum atomic E-state index is 9.82. The van der Waals surface area contributed by atoms with Crippen LogP contribution in [0.15, 0.2) is 6.33 Å². The molecule has 0 aromatic carbocycles. The lowest BCUT2D eigenvalue weighted by Gasteiger charge is -2.13. The first-order valence-electron chi connectivity index (χ1n) is 6.71. The summed E-state index contributed by atoms with van der Waals surface area (Å²) in [5.74, 6) is 0.390. The monoisotopic (exact) mass is 295 g/mol. The molecule has 0 unspecified atom stereocenters. The smallest absolute Gasteiger partial charge is 0.247 e. The molecule has 4 N–H and O–H groups in total. The van der Waals surface area contributed by atoms with Crippen molar-refractivity contribution in [1.82, 2.24) is 19.5 Å². The number of nitrogens with two attached hydrogens (primary N) is 1. The molecule has 2 aromatic heterocycles. The maximum Gasteiger partial charge on any atom is 0.247 e. The maximum absolute atomic E-state index is 9.82. The van der Waals surface area contributed by atoms with Gasteiger partial charge in [-0.1, -0.05) is 0 Å². The molecule has 0 spiro atoms. The Kier molecular flexibility index (Phi) is 3.62. The number of anilines is 1. The summed E-state index contributed by atoms with van der Waals surface area (Å²) in [6.07, 6.45) is 0.0649. The van der Waals surface area contributed by atoms with Crippen molar-refractivity contribution in [3.63, 3.8) is 0 Å². The lowest BCUT2D eigenvalue weighted by atomic mass is 10.2. The SMILES string of the molecule is CCOc1nc(N)nc2c1ncn2[C@H]1C[C@H](O)[C@@H](CO)O1. The van der Waals surface area contributed by atoms with Gasteiger partial charge < -0.3 is 25.4 Å². The van der Waals surface area contributed by atoms with Crippen molar-refractivity contribution in [2.75, 3.05) is 18.9 Å². The second-order valence-electron chi connectivity index (χ2n) is 4.76. The van der Waals surface area contributed by atoms with E-state index < -0.39 is 18.4 Å².